The monoisotopic (exact) mass is 330 g/mol. The third kappa shape index (κ3) is 2.10. The van der Waals surface area contributed by atoms with E-state index in [1.807, 2.05) is 13.0 Å². The summed E-state index contributed by atoms with van der Waals surface area (Å²) in [6.45, 7) is 2.80. The molecule has 2 fully saturated rings. The van der Waals surface area contributed by atoms with Crippen molar-refractivity contribution in [3.8, 4) is 0 Å². The first-order valence-electron chi connectivity index (χ1n) is 8.73. The van der Waals surface area contributed by atoms with E-state index in [1.165, 1.54) is 0 Å². The molecule has 1 spiro atoms. The van der Waals surface area contributed by atoms with Crippen LogP contribution in [0.25, 0.3) is 0 Å². The molecule has 0 aromatic rings. The minimum atomic E-state index is -0.474. The lowest BCUT2D eigenvalue weighted by atomic mass is 9.49. The van der Waals surface area contributed by atoms with Crippen LogP contribution >= 0.6 is 0 Å². The van der Waals surface area contributed by atoms with Gasteiger partial charge >= 0.3 is 11.9 Å². The summed E-state index contributed by atoms with van der Waals surface area (Å²) in [6, 6.07) is 0. The molecule has 0 aromatic heterocycles. The van der Waals surface area contributed by atoms with Gasteiger partial charge in [-0.05, 0) is 43.6 Å². The maximum absolute atomic E-state index is 12.8. The van der Waals surface area contributed by atoms with Crippen LogP contribution < -0.4 is 0 Å². The van der Waals surface area contributed by atoms with E-state index in [2.05, 4.69) is 0 Å². The van der Waals surface area contributed by atoms with Crippen LogP contribution in [-0.4, -0.2) is 30.9 Å². The largest absolute Gasteiger partial charge is 0.461 e. The number of ether oxygens (including phenoxy) is 2. The van der Waals surface area contributed by atoms with Crippen LogP contribution in [0.3, 0.4) is 0 Å². The highest BCUT2D eigenvalue weighted by Crippen LogP contribution is 2.61. The van der Waals surface area contributed by atoms with Gasteiger partial charge in [0.1, 0.15) is 19.0 Å². The second-order valence-corrected chi connectivity index (χ2v) is 7.73. The molecule has 128 valence electrons. The zero-order valence-corrected chi connectivity index (χ0v) is 13.9. The Morgan fingerprint density at radius 2 is 2.08 bits per heavy atom. The fourth-order valence-corrected chi connectivity index (χ4v) is 5.22. The molecule has 2 aliphatic carbocycles. The van der Waals surface area contributed by atoms with Gasteiger partial charge in [0.2, 0.25) is 0 Å². The standard InChI is InChI=1S/C19H22O5/c1-18(7-5-12-9-16(21)23-10-12)14-4-2-3-13-17(22)24-11-19(13,14)8-6-15(18)20/h3,9,14H,2,4-8,10-11H2,1H3/t14-,18-,19-/m1/s1. The van der Waals surface area contributed by atoms with E-state index in [9.17, 15) is 14.4 Å². The first kappa shape index (κ1) is 15.6. The molecule has 5 nitrogen and oxygen atoms in total. The molecule has 0 bridgehead atoms. The number of carbonyl (C=O) groups is 3. The Hall–Kier alpha value is -1.91. The molecule has 2 aliphatic heterocycles. The summed E-state index contributed by atoms with van der Waals surface area (Å²) in [5.41, 5.74) is 1.00. The van der Waals surface area contributed by atoms with Crippen molar-refractivity contribution in [3.63, 3.8) is 0 Å². The Morgan fingerprint density at radius 1 is 1.25 bits per heavy atom. The van der Waals surface area contributed by atoms with Crippen molar-refractivity contribution in [2.45, 2.75) is 45.4 Å². The van der Waals surface area contributed by atoms with Crippen molar-refractivity contribution in [1.82, 2.24) is 0 Å². The second kappa shape index (κ2) is 5.30. The Kier molecular flexibility index (Phi) is 3.44. The van der Waals surface area contributed by atoms with Gasteiger partial charge in [0.15, 0.2) is 0 Å². The Balaban J connectivity index is 1.63. The second-order valence-electron chi connectivity index (χ2n) is 7.73. The average molecular weight is 330 g/mol. The molecule has 0 N–H and O–H groups in total. The van der Waals surface area contributed by atoms with Gasteiger partial charge in [-0.1, -0.05) is 13.0 Å². The highest BCUT2D eigenvalue weighted by Gasteiger charge is 2.61. The number of hydrogen-bond donors (Lipinski definition) is 0. The van der Waals surface area contributed by atoms with Crippen molar-refractivity contribution in [1.29, 1.82) is 0 Å². The lowest BCUT2D eigenvalue weighted by Crippen LogP contribution is -2.52. The van der Waals surface area contributed by atoms with Crippen LogP contribution in [0.1, 0.15) is 45.4 Å². The molecule has 4 aliphatic rings. The summed E-state index contributed by atoms with van der Waals surface area (Å²) in [7, 11) is 0. The molecule has 24 heavy (non-hydrogen) atoms. The number of ketones is 1. The third-order valence-corrected chi connectivity index (χ3v) is 6.58. The highest BCUT2D eigenvalue weighted by atomic mass is 16.5. The smallest absolute Gasteiger partial charge is 0.334 e. The molecule has 0 aromatic carbocycles. The molecule has 4 rings (SSSR count). The minimum Gasteiger partial charge on any atom is -0.461 e. The maximum Gasteiger partial charge on any atom is 0.334 e. The van der Waals surface area contributed by atoms with E-state index < -0.39 is 5.41 Å². The Morgan fingerprint density at radius 3 is 2.83 bits per heavy atom. The van der Waals surface area contributed by atoms with Crippen LogP contribution in [-0.2, 0) is 23.9 Å². The number of esters is 2. The molecule has 3 atom stereocenters. The van der Waals surface area contributed by atoms with Crippen molar-refractivity contribution in [2.75, 3.05) is 13.2 Å². The lowest BCUT2D eigenvalue weighted by molar-refractivity contribution is -0.143. The van der Waals surface area contributed by atoms with E-state index in [0.29, 0.717) is 38.9 Å². The molecule has 5 heteroatoms. The fraction of sp³-hybridized carbons (Fsp3) is 0.632. The van der Waals surface area contributed by atoms with E-state index in [0.717, 1.165) is 24.0 Å². The summed E-state index contributed by atoms with van der Waals surface area (Å²) in [6.07, 6.45) is 7.90. The van der Waals surface area contributed by atoms with Gasteiger partial charge in [0, 0.05) is 28.9 Å². The normalized spacial score (nSPS) is 38.0. The quantitative estimate of drug-likeness (QED) is 0.744. The summed E-state index contributed by atoms with van der Waals surface area (Å²) in [5.74, 6) is -0.0749. The number of allylic oxidation sites excluding steroid dienone is 1. The number of rotatable bonds is 3. The van der Waals surface area contributed by atoms with Crippen molar-refractivity contribution in [3.05, 3.63) is 23.3 Å². The summed E-state index contributed by atoms with van der Waals surface area (Å²) < 4.78 is 10.3. The van der Waals surface area contributed by atoms with Crippen LogP contribution in [0, 0.1) is 16.7 Å². The molecule has 0 amide bonds. The van der Waals surface area contributed by atoms with Gasteiger partial charge in [-0.2, -0.15) is 0 Å². The maximum atomic E-state index is 12.8. The third-order valence-electron chi connectivity index (χ3n) is 6.58. The first-order valence-corrected chi connectivity index (χ1v) is 8.73. The van der Waals surface area contributed by atoms with Gasteiger partial charge in [-0.3, -0.25) is 4.79 Å². The predicted molar refractivity (Wildman–Crippen MR) is 84.8 cm³/mol. The van der Waals surface area contributed by atoms with E-state index in [4.69, 9.17) is 9.47 Å². The number of carbonyl (C=O) groups excluding carboxylic acids is 3. The van der Waals surface area contributed by atoms with Crippen LogP contribution in [0.15, 0.2) is 23.3 Å². The summed E-state index contributed by atoms with van der Waals surface area (Å²) in [4.78, 5) is 36.2. The van der Waals surface area contributed by atoms with Crippen LogP contribution in [0.5, 0.6) is 0 Å². The van der Waals surface area contributed by atoms with Gasteiger partial charge in [0.05, 0.1) is 0 Å². The molecule has 0 radical (unpaired) electrons. The van der Waals surface area contributed by atoms with Gasteiger partial charge in [-0.25, -0.2) is 9.59 Å². The summed E-state index contributed by atoms with van der Waals surface area (Å²) >= 11 is 0. The Labute approximate surface area is 141 Å². The lowest BCUT2D eigenvalue weighted by Gasteiger charge is -2.52. The van der Waals surface area contributed by atoms with Crippen molar-refractivity contribution >= 4 is 17.7 Å². The zero-order valence-electron chi connectivity index (χ0n) is 13.9. The molecule has 2 heterocycles. The molecular formula is C19H22O5. The number of hydrogen-bond acceptors (Lipinski definition) is 5. The zero-order chi connectivity index (χ0) is 16.9. The van der Waals surface area contributed by atoms with Gasteiger partial charge in [0.25, 0.3) is 0 Å². The van der Waals surface area contributed by atoms with E-state index in [-0.39, 0.29) is 29.1 Å². The molecule has 1 saturated carbocycles. The van der Waals surface area contributed by atoms with E-state index >= 15 is 0 Å². The van der Waals surface area contributed by atoms with E-state index in [1.54, 1.807) is 6.08 Å². The Bertz CT molecular complexity index is 688. The molecule has 0 unspecified atom stereocenters. The van der Waals surface area contributed by atoms with Crippen molar-refractivity contribution in [2.24, 2.45) is 16.7 Å². The minimum absolute atomic E-state index is 0.135. The SMILES string of the molecule is C[C@]1(CCC2=CC(=O)OC2)C(=O)CC[C@@]23COC(=O)C2=CCC[C@@H]31. The molecule has 1 saturated heterocycles. The number of Topliss-reactive ketones (excluding diaryl/α,β-unsaturated/α-hetero) is 1. The highest BCUT2D eigenvalue weighted by molar-refractivity contribution is 5.94. The van der Waals surface area contributed by atoms with Crippen molar-refractivity contribution < 1.29 is 23.9 Å². The van der Waals surface area contributed by atoms with Crippen LogP contribution in [0.4, 0.5) is 0 Å². The topological polar surface area (TPSA) is 69.7 Å². The first-order chi connectivity index (χ1) is 11.5. The average Bonchev–Trinajstić information content (AvgIpc) is 3.13. The van der Waals surface area contributed by atoms with Crippen LogP contribution in [0.2, 0.25) is 0 Å². The number of cyclic esters (lactones) is 2. The fourth-order valence-electron chi connectivity index (χ4n) is 5.22. The van der Waals surface area contributed by atoms with Gasteiger partial charge in [-0.15, -0.1) is 0 Å². The summed E-state index contributed by atoms with van der Waals surface area (Å²) in [5, 5.41) is 0. The molecular weight excluding hydrogens is 308 g/mol. The predicted octanol–water partition coefficient (Wildman–Crippen LogP) is 2.50. The van der Waals surface area contributed by atoms with Gasteiger partial charge < -0.3 is 9.47 Å².